The maximum atomic E-state index is 11.7. The SMILES string of the molecule is Cc1ccc(C(=O)N/N=C\c2ccc(Br)o2)cc1. The zero-order valence-electron chi connectivity index (χ0n) is 9.68. The Morgan fingerprint density at radius 2 is 2.00 bits per heavy atom. The van der Waals surface area contributed by atoms with E-state index in [1.807, 2.05) is 19.1 Å². The number of nitrogens with one attached hydrogen (secondary N) is 1. The van der Waals surface area contributed by atoms with Gasteiger partial charge in [-0.3, -0.25) is 4.79 Å². The highest BCUT2D eigenvalue weighted by atomic mass is 79.9. The van der Waals surface area contributed by atoms with Gasteiger partial charge in [-0.1, -0.05) is 17.7 Å². The smallest absolute Gasteiger partial charge is 0.271 e. The van der Waals surface area contributed by atoms with Crippen LogP contribution in [0.2, 0.25) is 0 Å². The van der Waals surface area contributed by atoms with Crippen molar-refractivity contribution in [1.29, 1.82) is 0 Å². The minimum absolute atomic E-state index is 0.253. The Kier molecular flexibility index (Phi) is 3.94. The number of halogens is 1. The van der Waals surface area contributed by atoms with E-state index in [0.29, 0.717) is 16.0 Å². The first-order chi connectivity index (χ1) is 8.65. The third-order valence-electron chi connectivity index (χ3n) is 2.27. The van der Waals surface area contributed by atoms with Crippen LogP contribution in [0.15, 0.2) is 50.6 Å². The fourth-order valence-corrected chi connectivity index (χ4v) is 1.64. The highest BCUT2D eigenvalue weighted by Gasteiger charge is 2.02. The lowest BCUT2D eigenvalue weighted by atomic mass is 10.1. The molecule has 92 valence electrons. The van der Waals surface area contributed by atoms with Crippen LogP contribution in [0, 0.1) is 6.92 Å². The molecular weight excluding hydrogens is 296 g/mol. The summed E-state index contributed by atoms with van der Waals surface area (Å²) < 4.78 is 5.82. The molecule has 0 fully saturated rings. The van der Waals surface area contributed by atoms with Crippen molar-refractivity contribution in [2.75, 3.05) is 0 Å². The number of aryl methyl sites for hydroxylation is 1. The molecule has 4 nitrogen and oxygen atoms in total. The van der Waals surface area contributed by atoms with Gasteiger partial charge in [-0.2, -0.15) is 5.10 Å². The Morgan fingerprint density at radius 3 is 2.61 bits per heavy atom. The maximum absolute atomic E-state index is 11.7. The van der Waals surface area contributed by atoms with Crippen LogP contribution in [0.4, 0.5) is 0 Å². The Bertz CT molecular complexity index is 573. The maximum Gasteiger partial charge on any atom is 0.271 e. The summed E-state index contributed by atoms with van der Waals surface area (Å²) >= 11 is 3.18. The average Bonchev–Trinajstić information content (AvgIpc) is 2.76. The molecule has 0 saturated carbocycles. The van der Waals surface area contributed by atoms with Crippen LogP contribution in [0.5, 0.6) is 0 Å². The molecule has 2 rings (SSSR count). The highest BCUT2D eigenvalue weighted by Crippen LogP contribution is 2.12. The lowest BCUT2D eigenvalue weighted by Gasteiger charge is -1.99. The summed E-state index contributed by atoms with van der Waals surface area (Å²) in [7, 11) is 0. The molecule has 0 radical (unpaired) electrons. The number of hydrazone groups is 1. The van der Waals surface area contributed by atoms with Crippen LogP contribution in [0.25, 0.3) is 0 Å². The molecule has 0 spiro atoms. The molecule has 0 bridgehead atoms. The van der Waals surface area contributed by atoms with Crippen molar-refractivity contribution in [1.82, 2.24) is 5.43 Å². The fraction of sp³-hybridized carbons (Fsp3) is 0.0769. The molecule has 0 unspecified atom stereocenters. The first kappa shape index (κ1) is 12.6. The summed E-state index contributed by atoms with van der Waals surface area (Å²) in [5.74, 6) is 0.308. The van der Waals surface area contributed by atoms with Gasteiger partial charge in [-0.05, 0) is 47.1 Å². The molecule has 5 heteroatoms. The molecule has 1 heterocycles. The van der Waals surface area contributed by atoms with Gasteiger partial charge in [-0.15, -0.1) is 0 Å². The van der Waals surface area contributed by atoms with E-state index in [4.69, 9.17) is 4.42 Å². The van der Waals surface area contributed by atoms with Gasteiger partial charge in [-0.25, -0.2) is 5.43 Å². The molecule has 2 aromatic rings. The summed E-state index contributed by atoms with van der Waals surface area (Å²) in [5.41, 5.74) is 4.11. The van der Waals surface area contributed by atoms with Gasteiger partial charge in [0, 0.05) is 5.56 Å². The van der Waals surface area contributed by atoms with E-state index < -0.39 is 0 Å². The predicted molar refractivity (Wildman–Crippen MR) is 72.6 cm³/mol. The highest BCUT2D eigenvalue weighted by molar-refractivity contribution is 9.10. The van der Waals surface area contributed by atoms with E-state index in [-0.39, 0.29) is 5.91 Å². The van der Waals surface area contributed by atoms with Gasteiger partial charge >= 0.3 is 0 Å². The minimum Gasteiger partial charge on any atom is -0.448 e. The normalized spacial score (nSPS) is 10.8. The van der Waals surface area contributed by atoms with Crippen LogP contribution < -0.4 is 5.43 Å². The summed E-state index contributed by atoms with van der Waals surface area (Å²) in [5, 5.41) is 3.81. The molecule has 1 N–H and O–H groups in total. The number of carbonyl (C=O) groups excluding carboxylic acids is 1. The fourth-order valence-electron chi connectivity index (χ4n) is 1.32. The Morgan fingerprint density at radius 1 is 1.28 bits per heavy atom. The Labute approximate surface area is 113 Å². The molecule has 18 heavy (non-hydrogen) atoms. The molecule has 1 aromatic carbocycles. The van der Waals surface area contributed by atoms with Gasteiger partial charge in [0.05, 0.1) is 6.21 Å². The molecule has 0 saturated heterocycles. The standard InChI is InChI=1S/C13H11BrN2O2/c1-9-2-4-10(5-3-9)13(17)16-15-8-11-6-7-12(14)18-11/h2-8H,1H3,(H,16,17)/b15-8-. The first-order valence-electron chi connectivity index (χ1n) is 5.30. The number of rotatable bonds is 3. The molecule has 0 aliphatic rings. The number of benzene rings is 1. The summed E-state index contributed by atoms with van der Waals surface area (Å²) in [6.45, 7) is 1.97. The van der Waals surface area contributed by atoms with Gasteiger partial charge in [0.15, 0.2) is 4.67 Å². The van der Waals surface area contributed by atoms with Crippen molar-refractivity contribution < 1.29 is 9.21 Å². The van der Waals surface area contributed by atoms with Gasteiger partial charge in [0.25, 0.3) is 5.91 Å². The number of amides is 1. The van der Waals surface area contributed by atoms with Crippen molar-refractivity contribution in [2.24, 2.45) is 5.10 Å². The molecule has 1 amide bonds. The number of carbonyl (C=O) groups is 1. The quantitative estimate of drug-likeness (QED) is 0.699. The number of hydrogen-bond acceptors (Lipinski definition) is 3. The molecule has 0 aliphatic carbocycles. The topological polar surface area (TPSA) is 54.6 Å². The van der Waals surface area contributed by atoms with Crippen LogP contribution in [0.3, 0.4) is 0 Å². The average molecular weight is 307 g/mol. The number of furan rings is 1. The molecule has 0 aliphatic heterocycles. The third kappa shape index (κ3) is 3.30. The predicted octanol–water partition coefficient (Wildman–Crippen LogP) is 3.11. The lowest BCUT2D eigenvalue weighted by Crippen LogP contribution is -2.17. The molecule has 1 aromatic heterocycles. The van der Waals surface area contributed by atoms with Crippen molar-refractivity contribution >= 4 is 28.1 Å². The number of hydrogen-bond donors (Lipinski definition) is 1. The van der Waals surface area contributed by atoms with Gasteiger partial charge in [0.2, 0.25) is 0 Å². The summed E-state index contributed by atoms with van der Waals surface area (Å²) in [6, 6.07) is 10.8. The van der Waals surface area contributed by atoms with Gasteiger partial charge in [0.1, 0.15) is 5.76 Å². The van der Waals surface area contributed by atoms with E-state index >= 15 is 0 Å². The largest absolute Gasteiger partial charge is 0.448 e. The second-order valence-corrected chi connectivity index (χ2v) is 4.49. The Balaban J connectivity index is 1.96. The van der Waals surface area contributed by atoms with E-state index in [1.54, 1.807) is 24.3 Å². The summed E-state index contributed by atoms with van der Waals surface area (Å²) in [4.78, 5) is 11.7. The minimum atomic E-state index is -0.253. The van der Waals surface area contributed by atoms with Gasteiger partial charge < -0.3 is 4.42 Å². The van der Waals surface area contributed by atoms with Crippen molar-refractivity contribution in [2.45, 2.75) is 6.92 Å². The zero-order chi connectivity index (χ0) is 13.0. The lowest BCUT2D eigenvalue weighted by molar-refractivity contribution is 0.0955. The summed E-state index contributed by atoms with van der Waals surface area (Å²) in [6.07, 6.45) is 1.44. The third-order valence-corrected chi connectivity index (χ3v) is 2.69. The molecular formula is C13H11BrN2O2. The molecule has 0 atom stereocenters. The monoisotopic (exact) mass is 306 g/mol. The van der Waals surface area contributed by atoms with Crippen LogP contribution >= 0.6 is 15.9 Å². The van der Waals surface area contributed by atoms with E-state index in [1.165, 1.54) is 6.21 Å². The second-order valence-electron chi connectivity index (χ2n) is 3.71. The van der Waals surface area contributed by atoms with Crippen LogP contribution in [-0.2, 0) is 0 Å². The van der Waals surface area contributed by atoms with Crippen molar-refractivity contribution in [3.8, 4) is 0 Å². The van der Waals surface area contributed by atoms with Crippen molar-refractivity contribution in [3.05, 3.63) is 58.0 Å². The van der Waals surface area contributed by atoms with E-state index in [9.17, 15) is 4.79 Å². The Hall–Kier alpha value is -1.88. The van der Waals surface area contributed by atoms with Crippen molar-refractivity contribution in [3.63, 3.8) is 0 Å². The number of nitrogens with zero attached hydrogens (tertiary/aromatic N) is 1. The first-order valence-corrected chi connectivity index (χ1v) is 6.10. The second kappa shape index (κ2) is 5.64. The van der Waals surface area contributed by atoms with E-state index in [0.717, 1.165) is 5.56 Å². The van der Waals surface area contributed by atoms with Crippen LogP contribution in [0.1, 0.15) is 21.7 Å². The van der Waals surface area contributed by atoms with E-state index in [2.05, 4.69) is 26.5 Å². The zero-order valence-corrected chi connectivity index (χ0v) is 11.3. The van der Waals surface area contributed by atoms with Crippen LogP contribution in [-0.4, -0.2) is 12.1 Å².